The van der Waals surface area contributed by atoms with Crippen molar-refractivity contribution in [1.29, 1.82) is 0 Å². The molecule has 0 aliphatic carbocycles. The molecule has 3 N–H and O–H groups in total. The molecule has 0 aromatic heterocycles. The summed E-state index contributed by atoms with van der Waals surface area (Å²) in [6.45, 7) is 1.81. The summed E-state index contributed by atoms with van der Waals surface area (Å²) < 4.78 is 5.15. The lowest BCUT2D eigenvalue weighted by molar-refractivity contribution is -0.136. The first-order chi connectivity index (χ1) is 16.3. The number of hydrogen-bond acceptors (Lipinski definition) is 5. The molecule has 0 saturated carbocycles. The second-order valence-electron chi connectivity index (χ2n) is 7.29. The van der Waals surface area contributed by atoms with Crippen molar-refractivity contribution in [3.8, 4) is 0 Å². The van der Waals surface area contributed by atoms with E-state index in [0.29, 0.717) is 26.9 Å². The predicted molar refractivity (Wildman–Crippen MR) is 134 cm³/mol. The van der Waals surface area contributed by atoms with Crippen LogP contribution in [0.3, 0.4) is 0 Å². The lowest BCUT2D eigenvalue weighted by Crippen LogP contribution is -2.21. The molecule has 3 aromatic carbocycles. The number of carbonyl (C=O) groups excluding carboxylic acids is 2. The Hall–Kier alpha value is -3.49. The molecule has 3 rings (SSSR count). The molecule has 0 spiro atoms. The Bertz CT molecular complexity index is 1150. The van der Waals surface area contributed by atoms with Gasteiger partial charge in [-0.05, 0) is 67.1 Å². The molecule has 0 aliphatic rings. The van der Waals surface area contributed by atoms with Crippen molar-refractivity contribution in [1.82, 2.24) is 0 Å². The van der Waals surface area contributed by atoms with Crippen molar-refractivity contribution in [2.75, 3.05) is 17.2 Å². The van der Waals surface area contributed by atoms with Gasteiger partial charge in [0.2, 0.25) is 0 Å². The van der Waals surface area contributed by atoms with Crippen LogP contribution in [-0.4, -0.2) is 34.9 Å². The number of aryl methyl sites for hydroxylation is 1. The van der Waals surface area contributed by atoms with Crippen LogP contribution in [0.5, 0.6) is 0 Å². The monoisotopic (exact) mass is 498 g/mol. The fourth-order valence-corrected chi connectivity index (χ4v) is 4.00. The number of carboxylic acid groups (broad SMARTS) is 1. The highest BCUT2D eigenvalue weighted by molar-refractivity contribution is 8.00. The van der Waals surface area contributed by atoms with Crippen LogP contribution in [0.4, 0.5) is 16.2 Å². The van der Waals surface area contributed by atoms with Gasteiger partial charge in [0.15, 0.2) is 0 Å². The molecule has 0 aliphatic heterocycles. The average molecular weight is 499 g/mol. The molecule has 1 atom stereocenters. The third-order valence-electron chi connectivity index (χ3n) is 4.77. The number of halogens is 1. The number of ether oxygens (including phenoxy) is 1. The minimum absolute atomic E-state index is 0.0523. The van der Waals surface area contributed by atoms with Gasteiger partial charge in [0.05, 0.1) is 6.61 Å². The number of benzene rings is 3. The van der Waals surface area contributed by atoms with Crippen LogP contribution in [0.2, 0.25) is 5.02 Å². The van der Waals surface area contributed by atoms with Gasteiger partial charge in [-0.2, -0.15) is 0 Å². The molecule has 1 unspecified atom stereocenters. The highest BCUT2D eigenvalue weighted by Gasteiger charge is 2.20. The van der Waals surface area contributed by atoms with Gasteiger partial charge in [-0.25, -0.2) is 4.79 Å². The van der Waals surface area contributed by atoms with E-state index in [4.69, 9.17) is 16.3 Å². The summed E-state index contributed by atoms with van der Waals surface area (Å²) in [6.07, 6.45) is -0.514. The van der Waals surface area contributed by atoms with Gasteiger partial charge in [0.1, 0.15) is 5.25 Å². The molecule has 9 heteroatoms. The van der Waals surface area contributed by atoms with Crippen molar-refractivity contribution >= 4 is 52.7 Å². The van der Waals surface area contributed by atoms with E-state index in [0.717, 1.165) is 17.3 Å². The van der Waals surface area contributed by atoms with Crippen molar-refractivity contribution in [3.05, 3.63) is 88.9 Å². The van der Waals surface area contributed by atoms with Crippen LogP contribution in [0, 0.1) is 6.92 Å². The number of amides is 2. The molecular weight excluding hydrogens is 476 g/mol. The number of anilines is 2. The fourth-order valence-electron chi connectivity index (χ4n) is 2.94. The molecular formula is C25H23ClN2O5S. The summed E-state index contributed by atoms with van der Waals surface area (Å²) in [7, 11) is 0. The van der Waals surface area contributed by atoms with Gasteiger partial charge < -0.3 is 15.2 Å². The highest BCUT2D eigenvalue weighted by atomic mass is 35.5. The third kappa shape index (κ3) is 7.54. The minimum atomic E-state index is -1.02. The highest BCUT2D eigenvalue weighted by Crippen LogP contribution is 2.26. The van der Waals surface area contributed by atoms with Crippen molar-refractivity contribution < 1.29 is 24.2 Å². The summed E-state index contributed by atoms with van der Waals surface area (Å²) in [6, 6.07) is 20.6. The molecule has 0 fully saturated rings. The van der Waals surface area contributed by atoms with E-state index in [1.165, 1.54) is 0 Å². The predicted octanol–water partition coefficient (Wildman–Crippen LogP) is 6.08. The molecule has 34 heavy (non-hydrogen) atoms. The number of hydrogen-bond donors (Lipinski definition) is 3. The Labute approximate surface area is 206 Å². The van der Waals surface area contributed by atoms with Crippen LogP contribution in [0.25, 0.3) is 0 Å². The fraction of sp³-hybridized carbons (Fsp3) is 0.160. The maximum atomic E-state index is 12.4. The van der Waals surface area contributed by atoms with Gasteiger partial charge in [-0.1, -0.05) is 29.8 Å². The van der Waals surface area contributed by atoms with E-state index in [2.05, 4.69) is 10.6 Å². The second kappa shape index (κ2) is 12.1. The molecule has 3 aromatic rings. The quantitative estimate of drug-likeness (QED) is 0.308. The number of aliphatic carboxylic acids is 1. The Morgan fingerprint density at radius 3 is 2.29 bits per heavy atom. The minimum Gasteiger partial charge on any atom is -0.480 e. The number of rotatable bonds is 9. The van der Waals surface area contributed by atoms with Crippen LogP contribution >= 0.6 is 23.4 Å². The molecule has 0 saturated heterocycles. The lowest BCUT2D eigenvalue weighted by atomic mass is 10.2. The van der Waals surface area contributed by atoms with E-state index in [1.54, 1.807) is 60.7 Å². The molecule has 7 nitrogen and oxygen atoms in total. The van der Waals surface area contributed by atoms with Crippen molar-refractivity contribution in [3.63, 3.8) is 0 Å². The second-order valence-corrected chi connectivity index (χ2v) is 9.01. The van der Waals surface area contributed by atoms with Crippen LogP contribution < -0.4 is 10.6 Å². The number of para-hydroxylation sites is 1. The van der Waals surface area contributed by atoms with Crippen LogP contribution in [-0.2, 0) is 9.53 Å². The Balaban J connectivity index is 1.50. The molecule has 0 heterocycles. The zero-order valence-corrected chi connectivity index (χ0v) is 19.9. The van der Waals surface area contributed by atoms with E-state index in [9.17, 15) is 19.5 Å². The topological polar surface area (TPSA) is 105 Å². The van der Waals surface area contributed by atoms with Gasteiger partial charge in [-0.3, -0.25) is 14.9 Å². The Kier molecular flexibility index (Phi) is 8.95. The molecule has 2 amide bonds. The van der Waals surface area contributed by atoms with Gasteiger partial charge in [0.25, 0.3) is 5.91 Å². The first kappa shape index (κ1) is 25.1. The number of nitrogens with one attached hydrogen (secondary N) is 2. The lowest BCUT2D eigenvalue weighted by Gasteiger charge is -2.13. The average Bonchev–Trinajstić information content (AvgIpc) is 2.81. The normalized spacial score (nSPS) is 11.4. The maximum Gasteiger partial charge on any atom is 0.411 e. The third-order valence-corrected chi connectivity index (χ3v) is 6.29. The SMILES string of the molecule is Cc1ccccc1NC(=O)OCCC(Sc1ccc(C(=O)Nc2ccc(Cl)cc2)cc1)C(=O)O. The van der Waals surface area contributed by atoms with Crippen molar-refractivity contribution in [2.24, 2.45) is 0 Å². The smallest absolute Gasteiger partial charge is 0.411 e. The Morgan fingerprint density at radius 1 is 0.971 bits per heavy atom. The summed E-state index contributed by atoms with van der Waals surface area (Å²) in [5, 5.41) is 14.7. The molecule has 0 bridgehead atoms. The number of carboxylic acids is 1. The molecule has 0 radical (unpaired) electrons. The largest absolute Gasteiger partial charge is 0.480 e. The van der Waals surface area contributed by atoms with E-state index >= 15 is 0 Å². The van der Waals surface area contributed by atoms with Crippen LogP contribution in [0.15, 0.2) is 77.7 Å². The van der Waals surface area contributed by atoms with E-state index in [-0.39, 0.29) is 18.9 Å². The number of carbonyl (C=O) groups is 3. The Morgan fingerprint density at radius 2 is 1.65 bits per heavy atom. The summed E-state index contributed by atoms with van der Waals surface area (Å²) in [4.78, 5) is 36.7. The van der Waals surface area contributed by atoms with Crippen LogP contribution in [0.1, 0.15) is 22.3 Å². The summed E-state index contributed by atoms with van der Waals surface area (Å²) in [5.74, 6) is -1.31. The molecule has 176 valence electrons. The maximum absolute atomic E-state index is 12.4. The summed E-state index contributed by atoms with van der Waals surface area (Å²) in [5.41, 5.74) is 2.58. The zero-order valence-electron chi connectivity index (χ0n) is 18.3. The summed E-state index contributed by atoms with van der Waals surface area (Å²) >= 11 is 6.97. The van der Waals surface area contributed by atoms with Gasteiger partial charge in [-0.15, -0.1) is 11.8 Å². The van der Waals surface area contributed by atoms with Crippen molar-refractivity contribution in [2.45, 2.75) is 23.5 Å². The van der Waals surface area contributed by atoms with E-state index in [1.807, 2.05) is 19.1 Å². The van der Waals surface area contributed by atoms with Gasteiger partial charge in [0, 0.05) is 33.3 Å². The van der Waals surface area contributed by atoms with Gasteiger partial charge >= 0.3 is 12.1 Å². The zero-order chi connectivity index (χ0) is 24.5. The van der Waals surface area contributed by atoms with E-state index < -0.39 is 17.3 Å². The standard InChI is InChI=1S/C25H23ClN2O5S/c1-16-4-2-3-5-21(16)28-25(32)33-15-14-22(24(30)31)34-20-12-6-17(7-13-20)23(29)27-19-10-8-18(26)9-11-19/h2-13,22H,14-15H2,1H3,(H,27,29)(H,28,32)(H,30,31). The number of thioether (sulfide) groups is 1. The first-order valence-corrected chi connectivity index (χ1v) is 11.6. The first-order valence-electron chi connectivity index (χ1n) is 10.4.